The monoisotopic (exact) mass is 413 g/mol. The minimum atomic E-state index is 0.305. The van der Waals surface area contributed by atoms with E-state index in [9.17, 15) is 0 Å². The third-order valence-corrected chi connectivity index (χ3v) is 4.55. The molecule has 0 heterocycles. The van der Waals surface area contributed by atoms with Crippen molar-refractivity contribution < 1.29 is 0 Å². The highest BCUT2D eigenvalue weighted by Gasteiger charge is 2.13. The van der Waals surface area contributed by atoms with Gasteiger partial charge in [-0.1, -0.05) is 42.8 Å². The van der Waals surface area contributed by atoms with Crippen LogP contribution >= 0.6 is 34.2 Å². The molecule has 112 valence electrons. The van der Waals surface area contributed by atoms with E-state index in [4.69, 9.17) is 11.6 Å². The molecule has 0 amide bonds. The van der Waals surface area contributed by atoms with E-state index < -0.39 is 0 Å². The molecule has 2 aromatic carbocycles. The quantitative estimate of drug-likeness (QED) is 0.613. The minimum Gasteiger partial charge on any atom is -0.310 e. The molecular formula is C18H21ClIN. The second-order valence-electron chi connectivity index (χ2n) is 5.36. The van der Waals surface area contributed by atoms with Crippen LogP contribution in [0.15, 0.2) is 42.5 Å². The Morgan fingerprint density at radius 1 is 1.19 bits per heavy atom. The summed E-state index contributed by atoms with van der Waals surface area (Å²) in [7, 11) is 0. The first-order chi connectivity index (χ1) is 10.1. The van der Waals surface area contributed by atoms with Gasteiger partial charge in [-0.05, 0) is 83.8 Å². The number of halogens is 2. The van der Waals surface area contributed by atoms with Crippen molar-refractivity contribution in [1.82, 2.24) is 5.32 Å². The molecule has 1 atom stereocenters. The van der Waals surface area contributed by atoms with Crippen LogP contribution in [0.4, 0.5) is 0 Å². The average Bonchev–Trinajstić information content (AvgIpc) is 2.45. The van der Waals surface area contributed by atoms with E-state index in [1.54, 1.807) is 0 Å². The second kappa shape index (κ2) is 8.16. The van der Waals surface area contributed by atoms with E-state index in [1.807, 2.05) is 6.07 Å². The lowest BCUT2D eigenvalue weighted by Gasteiger charge is -2.20. The fraction of sp³-hybridized carbons (Fsp3) is 0.333. The summed E-state index contributed by atoms with van der Waals surface area (Å²) in [5.41, 5.74) is 3.73. The van der Waals surface area contributed by atoms with Crippen LogP contribution in [0.25, 0.3) is 0 Å². The SMILES string of the molecule is CCCNC(Cc1ccc(C)cc1Cl)c1cccc(I)c1. The molecule has 0 bridgehead atoms. The van der Waals surface area contributed by atoms with Gasteiger partial charge in [-0.15, -0.1) is 0 Å². The topological polar surface area (TPSA) is 12.0 Å². The summed E-state index contributed by atoms with van der Waals surface area (Å²) in [4.78, 5) is 0. The van der Waals surface area contributed by atoms with Gasteiger partial charge in [-0.2, -0.15) is 0 Å². The van der Waals surface area contributed by atoms with Crippen molar-refractivity contribution in [2.24, 2.45) is 0 Å². The van der Waals surface area contributed by atoms with Crippen molar-refractivity contribution in [2.45, 2.75) is 32.7 Å². The molecule has 3 heteroatoms. The smallest absolute Gasteiger partial charge is 0.0441 e. The number of benzene rings is 2. The molecule has 0 aliphatic heterocycles. The zero-order chi connectivity index (χ0) is 15.2. The molecule has 1 nitrogen and oxygen atoms in total. The predicted molar refractivity (Wildman–Crippen MR) is 100 cm³/mol. The molecule has 0 aliphatic rings. The number of rotatable bonds is 6. The average molecular weight is 414 g/mol. The van der Waals surface area contributed by atoms with Crippen molar-refractivity contribution in [3.8, 4) is 0 Å². The van der Waals surface area contributed by atoms with Gasteiger partial charge >= 0.3 is 0 Å². The van der Waals surface area contributed by atoms with Gasteiger partial charge in [0, 0.05) is 14.6 Å². The number of hydrogen-bond donors (Lipinski definition) is 1. The molecule has 0 aliphatic carbocycles. The summed E-state index contributed by atoms with van der Waals surface area (Å²) in [6.07, 6.45) is 2.04. The summed E-state index contributed by atoms with van der Waals surface area (Å²) in [5, 5.41) is 4.51. The van der Waals surface area contributed by atoms with Gasteiger partial charge in [-0.3, -0.25) is 0 Å². The highest BCUT2D eigenvalue weighted by molar-refractivity contribution is 14.1. The molecule has 0 spiro atoms. The molecule has 1 unspecified atom stereocenters. The summed E-state index contributed by atoms with van der Waals surface area (Å²) in [6.45, 7) is 5.28. The second-order valence-corrected chi connectivity index (χ2v) is 7.01. The Hall–Kier alpha value is -0.580. The Labute approximate surface area is 146 Å². The van der Waals surface area contributed by atoms with Crippen LogP contribution in [0.5, 0.6) is 0 Å². The Kier molecular flexibility index (Phi) is 6.52. The maximum Gasteiger partial charge on any atom is 0.0441 e. The van der Waals surface area contributed by atoms with E-state index in [-0.39, 0.29) is 0 Å². The van der Waals surface area contributed by atoms with Crippen LogP contribution in [-0.2, 0) is 6.42 Å². The maximum absolute atomic E-state index is 6.40. The molecule has 0 saturated heterocycles. The molecule has 1 N–H and O–H groups in total. The molecule has 0 radical (unpaired) electrons. The van der Waals surface area contributed by atoms with E-state index in [2.05, 4.69) is 78.2 Å². The lowest BCUT2D eigenvalue weighted by molar-refractivity contribution is 0.529. The van der Waals surface area contributed by atoms with Gasteiger partial charge in [0.2, 0.25) is 0 Å². The van der Waals surface area contributed by atoms with Gasteiger partial charge in [-0.25, -0.2) is 0 Å². The molecule has 21 heavy (non-hydrogen) atoms. The van der Waals surface area contributed by atoms with Gasteiger partial charge in [0.25, 0.3) is 0 Å². The van der Waals surface area contributed by atoms with Crippen molar-refractivity contribution in [3.05, 3.63) is 67.7 Å². The largest absolute Gasteiger partial charge is 0.310 e. The Morgan fingerprint density at radius 3 is 2.67 bits per heavy atom. The fourth-order valence-corrected chi connectivity index (χ4v) is 3.27. The van der Waals surface area contributed by atoms with E-state index in [1.165, 1.54) is 20.3 Å². The first-order valence-electron chi connectivity index (χ1n) is 7.34. The standard InChI is InChI=1S/C18H21ClIN/c1-3-9-21-18(15-5-4-6-16(20)11-15)12-14-8-7-13(2)10-17(14)19/h4-8,10-11,18,21H,3,9,12H2,1-2H3. The fourth-order valence-electron chi connectivity index (χ4n) is 2.39. The summed E-state index contributed by atoms with van der Waals surface area (Å²) in [6, 6.07) is 15.3. The molecular weight excluding hydrogens is 393 g/mol. The third kappa shape index (κ3) is 4.97. The van der Waals surface area contributed by atoms with Crippen molar-refractivity contribution in [3.63, 3.8) is 0 Å². The van der Waals surface area contributed by atoms with E-state index in [0.29, 0.717) is 6.04 Å². The molecule has 0 aromatic heterocycles. The molecule has 0 fully saturated rings. The Balaban J connectivity index is 2.23. The zero-order valence-corrected chi connectivity index (χ0v) is 15.4. The lowest BCUT2D eigenvalue weighted by Crippen LogP contribution is -2.24. The highest BCUT2D eigenvalue weighted by Crippen LogP contribution is 2.25. The zero-order valence-electron chi connectivity index (χ0n) is 12.5. The summed E-state index contributed by atoms with van der Waals surface area (Å²) in [5.74, 6) is 0. The third-order valence-electron chi connectivity index (χ3n) is 3.52. The van der Waals surface area contributed by atoms with Gasteiger partial charge in [0.1, 0.15) is 0 Å². The van der Waals surface area contributed by atoms with Crippen LogP contribution in [0.3, 0.4) is 0 Å². The van der Waals surface area contributed by atoms with Crippen molar-refractivity contribution in [1.29, 1.82) is 0 Å². The van der Waals surface area contributed by atoms with Crippen LogP contribution < -0.4 is 5.32 Å². The first kappa shape index (κ1) is 16.8. The highest BCUT2D eigenvalue weighted by atomic mass is 127. The van der Waals surface area contributed by atoms with Crippen LogP contribution in [0, 0.1) is 10.5 Å². The van der Waals surface area contributed by atoms with E-state index in [0.717, 1.165) is 24.4 Å². The van der Waals surface area contributed by atoms with Crippen LogP contribution in [-0.4, -0.2) is 6.54 Å². The number of nitrogens with one attached hydrogen (secondary N) is 1. The Bertz CT molecular complexity index is 598. The van der Waals surface area contributed by atoms with Gasteiger partial charge < -0.3 is 5.32 Å². The van der Waals surface area contributed by atoms with Crippen molar-refractivity contribution >= 4 is 34.2 Å². The van der Waals surface area contributed by atoms with Gasteiger partial charge in [0.15, 0.2) is 0 Å². The summed E-state index contributed by atoms with van der Waals surface area (Å²) < 4.78 is 1.27. The lowest BCUT2D eigenvalue weighted by atomic mass is 9.98. The molecule has 0 saturated carbocycles. The Morgan fingerprint density at radius 2 is 2.00 bits per heavy atom. The molecule has 2 rings (SSSR count). The van der Waals surface area contributed by atoms with Crippen molar-refractivity contribution in [2.75, 3.05) is 6.54 Å². The normalized spacial score (nSPS) is 12.4. The van der Waals surface area contributed by atoms with Crippen LogP contribution in [0.1, 0.15) is 36.1 Å². The minimum absolute atomic E-state index is 0.305. The predicted octanol–water partition coefficient (Wildman–Crippen LogP) is 5.54. The van der Waals surface area contributed by atoms with Crippen LogP contribution in [0.2, 0.25) is 5.02 Å². The van der Waals surface area contributed by atoms with Gasteiger partial charge in [0.05, 0.1) is 0 Å². The first-order valence-corrected chi connectivity index (χ1v) is 8.79. The van der Waals surface area contributed by atoms with E-state index >= 15 is 0 Å². The maximum atomic E-state index is 6.40. The molecule has 2 aromatic rings. The number of aryl methyl sites for hydroxylation is 1. The number of hydrogen-bond acceptors (Lipinski definition) is 1. The summed E-state index contributed by atoms with van der Waals surface area (Å²) >= 11 is 8.76.